The van der Waals surface area contributed by atoms with Gasteiger partial charge in [0.2, 0.25) is 5.78 Å². The predicted molar refractivity (Wildman–Crippen MR) is 90.5 cm³/mol. The number of aromatic amines is 1. The van der Waals surface area contributed by atoms with Crippen molar-refractivity contribution in [3.8, 4) is 17.6 Å². The summed E-state index contributed by atoms with van der Waals surface area (Å²) in [5.74, 6) is 0.784. The number of nitriles is 1. The van der Waals surface area contributed by atoms with Gasteiger partial charge in [0.15, 0.2) is 18.1 Å². The van der Waals surface area contributed by atoms with Crippen LogP contribution in [0.2, 0.25) is 0 Å². The Hall–Kier alpha value is -3.26. The van der Waals surface area contributed by atoms with Crippen molar-refractivity contribution in [1.29, 1.82) is 5.26 Å². The molecule has 0 atom stereocenters. The van der Waals surface area contributed by atoms with E-state index in [2.05, 4.69) is 11.1 Å². The fourth-order valence-corrected chi connectivity index (χ4v) is 2.49. The molecule has 3 aromatic rings. The van der Waals surface area contributed by atoms with E-state index < -0.39 is 0 Å². The summed E-state index contributed by atoms with van der Waals surface area (Å²) in [4.78, 5) is 15.5. The molecule has 0 fully saturated rings. The van der Waals surface area contributed by atoms with Crippen LogP contribution in [0, 0.1) is 11.3 Å². The first-order valence-corrected chi connectivity index (χ1v) is 7.62. The number of hydrogen-bond acceptors (Lipinski definition) is 4. The SMILES string of the molecule is CCOc1cc(C#N)ccc1OCC(=O)c1c[nH]c2ccccc12. The minimum atomic E-state index is -0.126. The third-order valence-corrected chi connectivity index (χ3v) is 3.62. The summed E-state index contributed by atoms with van der Waals surface area (Å²) in [6, 6.07) is 14.6. The van der Waals surface area contributed by atoms with Crippen LogP contribution in [0.15, 0.2) is 48.7 Å². The smallest absolute Gasteiger partial charge is 0.202 e. The van der Waals surface area contributed by atoms with E-state index in [9.17, 15) is 4.79 Å². The van der Waals surface area contributed by atoms with Crippen molar-refractivity contribution < 1.29 is 14.3 Å². The van der Waals surface area contributed by atoms with Gasteiger partial charge in [-0.05, 0) is 25.1 Å². The molecule has 5 heteroatoms. The number of carbonyl (C=O) groups excluding carboxylic acids is 1. The number of hydrogen-bond donors (Lipinski definition) is 1. The minimum Gasteiger partial charge on any atom is -0.490 e. The molecule has 0 aliphatic carbocycles. The lowest BCUT2D eigenvalue weighted by atomic mass is 10.1. The highest BCUT2D eigenvalue weighted by Crippen LogP contribution is 2.28. The lowest BCUT2D eigenvalue weighted by Gasteiger charge is -2.11. The molecule has 0 saturated heterocycles. The predicted octanol–water partition coefficient (Wildman–Crippen LogP) is 3.70. The van der Waals surface area contributed by atoms with Gasteiger partial charge in [0.1, 0.15) is 0 Å². The molecule has 0 unspecified atom stereocenters. The quantitative estimate of drug-likeness (QED) is 0.703. The van der Waals surface area contributed by atoms with Crippen molar-refractivity contribution >= 4 is 16.7 Å². The van der Waals surface area contributed by atoms with Crippen LogP contribution in [-0.2, 0) is 0 Å². The van der Waals surface area contributed by atoms with Crippen LogP contribution in [0.25, 0.3) is 10.9 Å². The van der Waals surface area contributed by atoms with Gasteiger partial charge in [-0.15, -0.1) is 0 Å². The number of Topliss-reactive ketones (excluding diaryl/α,β-unsaturated/α-hetero) is 1. The molecule has 24 heavy (non-hydrogen) atoms. The van der Waals surface area contributed by atoms with Crippen molar-refractivity contribution in [2.45, 2.75) is 6.92 Å². The van der Waals surface area contributed by atoms with E-state index >= 15 is 0 Å². The highest BCUT2D eigenvalue weighted by atomic mass is 16.5. The molecule has 1 N–H and O–H groups in total. The summed E-state index contributed by atoms with van der Waals surface area (Å²) in [6.07, 6.45) is 1.69. The van der Waals surface area contributed by atoms with Crippen molar-refractivity contribution in [2.24, 2.45) is 0 Å². The van der Waals surface area contributed by atoms with Gasteiger partial charge in [-0.25, -0.2) is 0 Å². The maximum atomic E-state index is 12.4. The zero-order valence-corrected chi connectivity index (χ0v) is 13.2. The summed E-state index contributed by atoms with van der Waals surface area (Å²) < 4.78 is 11.1. The van der Waals surface area contributed by atoms with E-state index in [0.717, 1.165) is 10.9 Å². The molecule has 0 aliphatic rings. The summed E-state index contributed by atoms with van der Waals surface area (Å²) in [7, 11) is 0. The third kappa shape index (κ3) is 3.08. The topological polar surface area (TPSA) is 75.1 Å². The Balaban J connectivity index is 1.78. The molecule has 0 spiro atoms. The fraction of sp³-hybridized carbons (Fsp3) is 0.158. The number of ketones is 1. The van der Waals surface area contributed by atoms with E-state index in [1.54, 1.807) is 24.4 Å². The molecule has 0 radical (unpaired) electrons. The average Bonchev–Trinajstić information content (AvgIpc) is 3.04. The molecule has 0 amide bonds. The van der Waals surface area contributed by atoms with Crippen molar-refractivity contribution in [3.05, 3.63) is 59.8 Å². The summed E-state index contributed by atoms with van der Waals surface area (Å²) in [5, 5.41) is 9.83. The molecule has 3 rings (SSSR count). The number of fused-ring (bicyclic) bond motifs is 1. The van der Waals surface area contributed by atoms with Crippen molar-refractivity contribution in [2.75, 3.05) is 13.2 Å². The molecule has 1 heterocycles. The van der Waals surface area contributed by atoms with Crippen LogP contribution >= 0.6 is 0 Å². The van der Waals surface area contributed by atoms with Gasteiger partial charge in [0.05, 0.1) is 18.2 Å². The zero-order valence-electron chi connectivity index (χ0n) is 13.2. The van der Waals surface area contributed by atoms with Crippen molar-refractivity contribution in [3.63, 3.8) is 0 Å². The molecule has 0 bridgehead atoms. The maximum absolute atomic E-state index is 12.4. The Labute approximate surface area is 139 Å². The summed E-state index contributed by atoms with van der Waals surface area (Å²) in [6.45, 7) is 2.19. The largest absolute Gasteiger partial charge is 0.490 e. The number of carbonyl (C=O) groups is 1. The Morgan fingerprint density at radius 1 is 1.17 bits per heavy atom. The number of benzene rings is 2. The number of rotatable bonds is 6. The number of nitrogens with zero attached hydrogens (tertiary/aromatic N) is 1. The number of aromatic nitrogens is 1. The standard InChI is InChI=1S/C19H16N2O3/c1-2-23-19-9-13(10-20)7-8-18(19)24-12-17(22)15-11-21-16-6-4-3-5-14(15)16/h3-9,11,21H,2,12H2,1H3. The maximum Gasteiger partial charge on any atom is 0.202 e. The monoisotopic (exact) mass is 320 g/mol. The van der Waals surface area contributed by atoms with Crippen LogP contribution in [-0.4, -0.2) is 24.0 Å². The van der Waals surface area contributed by atoms with Crippen molar-refractivity contribution in [1.82, 2.24) is 4.98 Å². The molecular formula is C19H16N2O3. The van der Waals surface area contributed by atoms with Gasteiger partial charge >= 0.3 is 0 Å². The van der Waals surface area contributed by atoms with Gasteiger partial charge in [0, 0.05) is 28.7 Å². The zero-order chi connectivity index (χ0) is 16.9. The first-order valence-electron chi connectivity index (χ1n) is 7.62. The van der Waals surface area contributed by atoms with Gasteiger partial charge in [-0.1, -0.05) is 18.2 Å². The van der Waals surface area contributed by atoms with Crippen LogP contribution in [0.1, 0.15) is 22.8 Å². The molecule has 5 nitrogen and oxygen atoms in total. The third-order valence-electron chi connectivity index (χ3n) is 3.62. The molecule has 1 aromatic heterocycles. The number of para-hydroxylation sites is 1. The number of nitrogens with one attached hydrogen (secondary N) is 1. The Morgan fingerprint density at radius 2 is 2.00 bits per heavy atom. The Bertz CT molecular complexity index is 922. The second-order valence-corrected chi connectivity index (χ2v) is 5.17. The van der Waals surface area contributed by atoms with E-state index in [0.29, 0.717) is 29.2 Å². The lowest BCUT2D eigenvalue weighted by Crippen LogP contribution is -2.12. The van der Waals surface area contributed by atoms with Crippen LogP contribution in [0.5, 0.6) is 11.5 Å². The van der Waals surface area contributed by atoms with E-state index in [-0.39, 0.29) is 12.4 Å². The first kappa shape index (κ1) is 15.6. The number of ether oxygens (including phenoxy) is 2. The molecule has 0 saturated carbocycles. The van der Waals surface area contributed by atoms with E-state index in [4.69, 9.17) is 14.7 Å². The Morgan fingerprint density at radius 3 is 2.79 bits per heavy atom. The second-order valence-electron chi connectivity index (χ2n) is 5.17. The Kier molecular flexibility index (Phi) is 4.48. The first-order chi connectivity index (χ1) is 11.7. The van der Waals surface area contributed by atoms with Crippen LogP contribution in [0.4, 0.5) is 0 Å². The van der Waals surface area contributed by atoms with Crippen LogP contribution in [0.3, 0.4) is 0 Å². The van der Waals surface area contributed by atoms with Gasteiger partial charge in [0.25, 0.3) is 0 Å². The van der Waals surface area contributed by atoms with Crippen LogP contribution < -0.4 is 9.47 Å². The summed E-state index contributed by atoms with van der Waals surface area (Å²) >= 11 is 0. The molecule has 120 valence electrons. The highest BCUT2D eigenvalue weighted by Gasteiger charge is 2.14. The van der Waals surface area contributed by atoms with Gasteiger partial charge in [-0.2, -0.15) is 5.26 Å². The summed E-state index contributed by atoms with van der Waals surface area (Å²) in [5.41, 5.74) is 1.99. The lowest BCUT2D eigenvalue weighted by molar-refractivity contribution is 0.0920. The van der Waals surface area contributed by atoms with E-state index in [1.807, 2.05) is 31.2 Å². The average molecular weight is 320 g/mol. The van der Waals surface area contributed by atoms with E-state index in [1.165, 1.54) is 0 Å². The minimum absolute atomic E-state index is 0.103. The molecule has 2 aromatic carbocycles. The molecular weight excluding hydrogens is 304 g/mol. The second kappa shape index (κ2) is 6.88. The molecule has 0 aliphatic heterocycles. The van der Waals surface area contributed by atoms with Gasteiger partial charge in [-0.3, -0.25) is 4.79 Å². The van der Waals surface area contributed by atoms with Gasteiger partial charge < -0.3 is 14.5 Å². The fourth-order valence-electron chi connectivity index (χ4n) is 2.49. The highest BCUT2D eigenvalue weighted by molar-refractivity contribution is 6.08. The number of H-pyrrole nitrogens is 1. The normalized spacial score (nSPS) is 10.3.